The van der Waals surface area contributed by atoms with Crippen LogP contribution >= 0.6 is 0 Å². The largest absolute Gasteiger partial charge is 0.483 e. The summed E-state index contributed by atoms with van der Waals surface area (Å²) in [5.74, 6) is -8.19. The van der Waals surface area contributed by atoms with Gasteiger partial charge >= 0.3 is 5.97 Å². The number of aryl methyl sites for hydroxylation is 2. The van der Waals surface area contributed by atoms with Crippen LogP contribution in [0, 0.1) is 35.1 Å². The maximum absolute atomic E-state index is 14.2. The lowest BCUT2D eigenvalue weighted by Gasteiger charge is -2.37. The van der Waals surface area contributed by atoms with Gasteiger partial charge in [-0.05, 0) is 73.9 Å². The molecule has 0 bridgehead atoms. The van der Waals surface area contributed by atoms with Gasteiger partial charge < -0.3 is 38.4 Å². The molecule has 0 saturated heterocycles. The predicted molar refractivity (Wildman–Crippen MR) is 283 cm³/mol. The van der Waals surface area contributed by atoms with Gasteiger partial charge in [0, 0.05) is 77.6 Å². The Hall–Kier alpha value is -8.68. The molecular formula is C60H57F4N5O11. The van der Waals surface area contributed by atoms with Gasteiger partial charge in [0.2, 0.25) is 16.8 Å². The van der Waals surface area contributed by atoms with Crippen molar-refractivity contribution in [2.45, 2.75) is 76.7 Å². The molecule has 80 heavy (non-hydrogen) atoms. The second-order valence-electron chi connectivity index (χ2n) is 20.6. The molecule has 2 aromatic heterocycles. The summed E-state index contributed by atoms with van der Waals surface area (Å²) in [6, 6.07) is 24.2. The zero-order valence-electron chi connectivity index (χ0n) is 44.3. The molecule has 2 saturated carbocycles. The van der Waals surface area contributed by atoms with Crippen molar-refractivity contribution in [3.8, 4) is 11.5 Å². The first kappa shape index (κ1) is 56.1. The fraction of sp³-hybridized carbons (Fsp3) is 0.333. The standard InChI is InChI=1S/C31H31F2N3O5.C29H26F2N2O6/c1-4-35-18-31(15-23(31)29(39)34(2)3)36-16-22(25(37)13-11-20-10-12-21(32)14-24(20)33)27(38)28(26(36)30(35)40)41-17-19-8-6-5-7-9-19;1-2-32-16-29(13-21(29)28(37)38)33-14-20(23(34)11-9-18-8-10-19(30)12-22(18)31)25(35)26(24(33)27(32)36)39-15-17-6-4-3-5-7-17/h5-10,12,14,16,23H,4,11,13,15,17-18H2,1-3H3;3-8,10,12,14,21H,2,9,11,13,15-16H2,1H3,(H,37,38)/t23-,31-;21-,29-/m11/s1. The third-order valence-electron chi connectivity index (χ3n) is 15.4. The van der Waals surface area contributed by atoms with Gasteiger partial charge in [0.15, 0.2) is 34.5 Å². The molecule has 10 rings (SSSR count). The summed E-state index contributed by atoms with van der Waals surface area (Å²) in [6.07, 6.45) is 2.63. The summed E-state index contributed by atoms with van der Waals surface area (Å²) in [5.41, 5.74) is -2.24. The molecule has 1 N–H and O–H groups in total. The van der Waals surface area contributed by atoms with Crippen LogP contribution in [0.15, 0.2) is 119 Å². The van der Waals surface area contributed by atoms with Crippen molar-refractivity contribution in [1.29, 1.82) is 0 Å². The number of likely N-dealkylation sites (N-methyl/N-ethyl adjacent to an activating group) is 2. The fourth-order valence-corrected chi connectivity index (χ4v) is 10.8. The molecule has 3 amide bonds. The van der Waals surface area contributed by atoms with Crippen molar-refractivity contribution in [3.63, 3.8) is 0 Å². The first-order valence-electron chi connectivity index (χ1n) is 26.1. The van der Waals surface area contributed by atoms with Gasteiger partial charge in [-0.3, -0.25) is 38.4 Å². The van der Waals surface area contributed by atoms with Gasteiger partial charge in [0.1, 0.15) is 36.5 Å². The summed E-state index contributed by atoms with van der Waals surface area (Å²) >= 11 is 0. The minimum absolute atomic E-state index is 0.00853. The minimum Gasteiger partial charge on any atom is -0.483 e. The van der Waals surface area contributed by atoms with Crippen molar-refractivity contribution >= 4 is 35.3 Å². The van der Waals surface area contributed by atoms with E-state index >= 15 is 0 Å². The molecule has 2 aliphatic carbocycles. The smallest absolute Gasteiger partial charge is 0.309 e. The molecule has 20 heteroatoms. The maximum atomic E-state index is 14.2. The Labute approximate surface area is 456 Å². The molecule has 4 aliphatic rings. The lowest BCUT2D eigenvalue weighted by atomic mass is 9.99. The number of benzene rings is 4. The molecule has 2 aliphatic heterocycles. The molecule has 0 unspecified atom stereocenters. The van der Waals surface area contributed by atoms with Crippen LogP contribution in [0.1, 0.15) is 103 Å². The first-order chi connectivity index (χ1) is 38.2. The highest BCUT2D eigenvalue weighted by Crippen LogP contribution is 2.56. The third kappa shape index (κ3) is 10.8. The average molecular weight is 1100 g/mol. The van der Waals surface area contributed by atoms with E-state index in [1.165, 1.54) is 38.9 Å². The van der Waals surface area contributed by atoms with Crippen molar-refractivity contribution in [3.05, 3.63) is 198 Å². The summed E-state index contributed by atoms with van der Waals surface area (Å²) in [5, 5.41) is 9.79. The number of hydrogen-bond acceptors (Lipinski definition) is 10. The van der Waals surface area contributed by atoms with Crippen molar-refractivity contribution < 1.29 is 60.9 Å². The normalized spacial score (nSPS) is 19.4. The number of ether oxygens (including phenoxy) is 2. The molecule has 2 fully saturated rings. The number of hydrogen-bond donors (Lipinski definition) is 1. The lowest BCUT2D eigenvalue weighted by Crippen LogP contribution is -2.50. The summed E-state index contributed by atoms with van der Waals surface area (Å²) in [7, 11) is 3.31. The second-order valence-corrected chi connectivity index (χ2v) is 20.6. The molecule has 2 spiro atoms. The van der Waals surface area contributed by atoms with E-state index in [1.54, 1.807) is 54.8 Å². The lowest BCUT2D eigenvalue weighted by molar-refractivity contribution is -0.139. The Morgan fingerprint density at radius 3 is 1.36 bits per heavy atom. The Balaban J connectivity index is 0.000000194. The summed E-state index contributed by atoms with van der Waals surface area (Å²) < 4.78 is 69.9. The van der Waals surface area contributed by atoms with Crippen LogP contribution in [0.25, 0.3) is 0 Å². The van der Waals surface area contributed by atoms with Gasteiger partial charge in [-0.1, -0.05) is 72.8 Å². The zero-order chi connectivity index (χ0) is 57.4. The summed E-state index contributed by atoms with van der Waals surface area (Å²) in [6.45, 7) is 4.51. The quantitative estimate of drug-likeness (QED) is 0.0658. The molecule has 4 atom stereocenters. The van der Waals surface area contributed by atoms with E-state index in [4.69, 9.17) is 9.47 Å². The zero-order valence-corrected chi connectivity index (χ0v) is 44.3. The maximum Gasteiger partial charge on any atom is 0.309 e. The third-order valence-corrected chi connectivity index (χ3v) is 15.4. The number of Topliss-reactive ketones (excluding diaryl/α,β-unsaturated/α-hetero) is 2. The van der Waals surface area contributed by atoms with E-state index in [1.807, 2.05) is 43.3 Å². The molecule has 6 aromatic rings. The highest BCUT2D eigenvalue weighted by atomic mass is 19.1. The number of halogens is 4. The number of carboxylic acid groups (broad SMARTS) is 1. The summed E-state index contributed by atoms with van der Waals surface area (Å²) in [4.78, 5) is 111. The van der Waals surface area contributed by atoms with E-state index in [0.29, 0.717) is 19.5 Å². The van der Waals surface area contributed by atoms with Crippen LogP contribution in [0.2, 0.25) is 0 Å². The van der Waals surface area contributed by atoms with Gasteiger partial charge in [-0.2, -0.15) is 0 Å². The van der Waals surface area contributed by atoms with Gasteiger partial charge in [0.25, 0.3) is 11.8 Å². The van der Waals surface area contributed by atoms with Crippen LogP contribution in [0.4, 0.5) is 17.6 Å². The minimum atomic E-state index is -1.04. The average Bonchev–Trinajstić information content (AvgIpc) is 4.55. The van der Waals surface area contributed by atoms with Gasteiger partial charge in [0.05, 0.1) is 34.0 Å². The van der Waals surface area contributed by atoms with E-state index in [0.717, 1.165) is 35.4 Å². The second kappa shape index (κ2) is 22.6. The molecule has 16 nitrogen and oxygen atoms in total. The van der Waals surface area contributed by atoms with Crippen molar-refractivity contribution in [2.75, 3.05) is 40.3 Å². The number of carboxylic acids is 1. The van der Waals surface area contributed by atoms with Crippen LogP contribution in [-0.2, 0) is 46.7 Å². The number of aromatic nitrogens is 2. The highest BCUT2D eigenvalue weighted by Gasteiger charge is 2.65. The number of ketones is 2. The van der Waals surface area contributed by atoms with Crippen LogP contribution in [-0.4, -0.2) is 104 Å². The highest BCUT2D eigenvalue weighted by molar-refractivity contribution is 6.02. The fourth-order valence-electron chi connectivity index (χ4n) is 10.8. The molecule has 416 valence electrons. The number of nitrogens with zero attached hydrogens (tertiary/aromatic N) is 5. The van der Waals surface area contributed by atoms with Gasteiger partial charge in [-0.15, -0.1) is 0 Å². The number of rotatable bonds is 18. The first-order valence-corrected chi connectivity index (χ1v) is 26.1. The monoisotopic (exact) mass is 1100 g/mol. The van der Waals surface area contributed by atoms with Crippen LogP contribution in [0.5, 0.6) is 11.5 Å². The molecular weight excluding hydrogens is 1040 g/mol. The molecule has 4 aromatic carbocycles. The topological polar surface area (TPSA) is 195 Å². The Bertz CT molecular complexity index is 3590. The Morgan fingerprint density at radius 1 is 0.600 bits per heavy atom. The van der Waals surface area contributed by atoms with E-state index in [2.05, 4.69) is 0 Å². The predicted octanol–water partition coefficient (Wildman–Crippen LogP) is 7.60. The molecule has 0 radical (unpaired) electrons. The van der Waals surface area contributed by atoms with E-state index in [-0.39, 0.29) is 109 Å². The van der Waals surface area contributed by atoms with E-state index in [9.17, 15) is 61.0 Å². The Morgan fingerprint density at radius 2 is 1.00 bits per heavy atom. The SMILES string of the molecule is CCN1C[C@@]2(C[C@@H]2C(=O)N(C)C)n2cc(C(=O)CCc3ccc(F)cc3F)c(=O)c(OCc3ccccc3)c2C1=O.CCN1C[C@@]2(C[C@@H]2C(=O)O)n2cc(C(=O)CCc3ccc(F)cc3F)c(=O)c(OCc3ccccc3)c2C1=O. The van der Waals surface area contributed by atoms with Crippen LogP contribution < -0.4 is 20.3 Å². The number of aliphatic carboxylic acids is 1. The van der Waals surface area contributed by atoms with Crippen molar-refractivity contribution in [2.24, 2.45) is 11.8 Å². The van der Waals surface area contributed by atoms with E-state index < -0.39 is 86.4 Å². The number of fused-ring (bicyclic) bond motifs is 4. The number of carbonyl (C=O) groups is 6. The number of pyridine rings is 2. The molecule has 4 heterocycles. The van der Waals surface area contributed by atoms with Crippen molar-refractivity contribution in [1.82, 2.24) is 23.8 Å². The Kier molecular flexibility index (Phi) is 15.8. The number of carbonyl (C=O) groups excluding carboxylic acids is 5. The van der Waals surface area contributed by atoms with Crippen LogP contribution in [0.3, 0.4) is 0 Å². The number of amides is 3. The van der Waals surface area contributed by atoms with Gasteiger partial charge in [-0.25, -0.2) is 17.6 Å².